The van der Waals surface area contributed by atoms with Gasteiger partial charge in [0.2, 0.25) is 0 Å². The van der Waals surface area contributed by atoms with Gasteiger partial charge in [-0.15, -0.1) is 0 Å². The molecule has 0 radical (unpaired) electrons. The fourth-order valence-corrected chi connectivity index (χ4v) is 9.36. The van der Waals surface area contributed by atoms with Gasteiger partial charge in [-0.2, -0.15) is 13.2 Å². The first-order valence-electron chi connectivity index (χ1n) is 13.0. The fraction of sp³-hybridized carbons (Fsp3) is 0.250. The van der Waals surface area contributed by atoms with Crippen LogP contribution in [0.3, 0.4) is 0 Å². The van der Waals surface area contributed by atoms with Crippen LogP contribution in [0.2, 0.25) is 0 Å². The molecule has 7 heteroatoms. The molecule has 0 amide bonds. The van der Waals surface area contributed by atoms with Crippen LogP contribution in [0.15, 0.2) is 102 Å². The molecule has 0 saturated heterocycles. The molecular formula is C32H33F3N2P2. The summed E-state index contributed by atoms with van der Waals surface area (Å²) < 4.78 is 41.3. The Labute approximate surface area is 231 Å². The van der Waals surface area contributed by atoms with E-state index in [-0.39, 0.29) is 7.92 Å². The lowest BCUT2D eigenvalue weighted by atomic mass is 10.2. The van der Waals surface area contributed by atoms with Crippen LogP contribution in [0.4, 0.5) is 18.9 Å². The predicted octanol–water partition coefficient (Wildman–Crippen LogP) is 8.41. The van der Waals surface area contributed by atoms with Crippen LogP contribution in [0, 0.1) is 0 Å². The van der Waals surface area contributed by atoms with Crippen molar-refractivity contribution in [1.29, 1.82) is 0 Å². The van der Waals surface area contributed by atoms with Crippen molar-refractivity contribution >= 4 is 43.7 Å². The minimum absolute atomic E-state index is 0.233. The Hall–Kier alpha value is -2.87. The van der Waals surface area contributed by atoms with Crippen LogP contribution in [-0.4, -0.2) is 22.5 Å². The maximum Gasteiger partial charge on any atom is 0.416 e. The summed E-state index contributed by atoms with van der Waals surface area (Å²) in [6.45, 7) is 9.02. The highest BCUT2D eigenvalue weighted by molar-refractivity contribution is 7.80. The molecule has 0 unspecified atom stereocenters. The molecule has 2 nitrogen and oxygen atoms in total. The number of benzene rings is 3. The third-order valence-corrected chi connectivity index (χ3v) is 12.2. The highest BCUT2D eigenvalue weighted by Gasteiger charge is 2.32. The third kappa shape index (κ3) is 7.62. The summed E-state index contributed by atoms with van der Waals surface area (Å²) in [7, 11) is -1.36. The normalized spacial score (nSPS) is 12.4. The topological polar surface area (TPSA) is 25.2 Å². The zero-order valence-corrected chi connectivity index (χ0v) is 24.4. The molecule has 1 heterocycles. The number of pyridine rings is 1. The van der Waals surface area contributed by atoms with E-state index in [0.29, 0.717) is 22.7 Å². The second-order valence-corrected chi connectivity index (χ2v) is 15.5. The summed E-state index contributed by atoms with van der Waals surface area (Å²) in [4.78, 5) is 9.45. The average Bonchev–Trinajstić information content (AvgIpc) is 2.92. The van der Waals surface area contributed by atoms with Gasteiger partial charge < -0.3 is 0 Å². The Kier molecular flexibility index (Phi) is 9.70. The second-order valence-electron chi connectivity index (χ2n) is 9.88. The number of aliphatic imine (C=N–C) groups is 1. The van der Waals surface area contributed by atoms with E-state index in [1.54, 1.807) is 12.3 Å². The molecule has 0 aliphatic heterocycles. The lowest BCUT2D eigenvalue weighted by Gasteiger charge is -2.25. The van der Waals surface area contributed by atoms with E-state index in [2.05, 4.69) is 32.7 Å². The summed E-state index contributed by atoms with van der Waals surface area (Å²) in [6.07, 6.45) is -1.96. The van der Waals surface area contributed by atoms with Gasteiger partial charge in [-0.3, -0.25) is 9.98 Å². The second kappa shape index (κ2) is 13.0. The average molecular weight is 565 g/mol. The summed E-state index contributed by atoms with van der Waals surface area (Å²) in [5.74, 6) is 0. The van der Waals surface area contributed by atoms with Crippen LogP contribution in [0.5, 0.6) is 0 Å². The molecule has 1 aromatic heterocycles. The molecule has 0 aliphatic carbocycles. The number of hydrogen-bond acceptors (Lipinski definition) is 2. The van der Waals surface area contributed by atoms with Gasteiger partial charge in [0.15, 0.2) is 0 Å². The lowest BCUT2D eigenvalue weighted by molar-refractivity contribution is -0.137. The van der Waals surface area contributed by atoms with Gasteiger partial charge in [0, 0.05) is 17.2 Å². The zero-order chi connectivity index (χ0) is 28.0. The van der Waals surface area contributed by atoms with Gasteiger partial charge in [0.1, 0.15) is 0 Å². The van der Waals surface area contributed by atoms with Crippen molar-refractivity contribution in [3.8, 4) is 0 Å². The fourth-order valence-electron chi connectivity index (χ4n) is 4.52. The number of hydrogen-bond donors (Lipinski definition) is 0. The van der Waals surface area contributed by atoms with Crippen molar-refractivity contribution < 1.29 is 13.2 Å². The number of halogens is 3. The Morgan fingerprint density at radius 1 is 0.769 bits per heavy atom. The molecule has 202 valence electrons. The Morgan fingerprint density at radius 2 is 1.36 bits per heavy atom. The quantitative estimate of drug-likeness (QED) is 0.148. The van der Waals surface area contributed by atoms with Gasteiger partial charge in [-0.25, -0.2) is 0 Å². The van der Waals surface area contributed by atoms with Crippen molar-refractivity contribution in [2.24, 2.45) is 4.99 Å². The number of nitrogens with zero attached hydrogens (tertiary/aromatic N) is 2. The summed E-state index contributed by atoms with van der Waals surface area (Å²) in [5, 5.41) is 2.86. The minimum atomic E-state index is -4.46. The first-order chi connectivity index (χ1) is 18.6. The molecule has 4 aromatic rings. The standard InChI is InChI=1S/C32H33F3N2P2/c1-23(2)38(24(3)4)22-27-13-11-12-26(37-27)21-36-30-20-25(32(33,34)35)18-19-31(30)39(28-14-7-5-8-15-28)29-16-9-6-10-17-29/h5-21,23-24H,22H2,1-4H3/b36-21+. The number of alkyl halides is 3. The number of aromatic nitrogens is 1. The Balaban J connectivity index is 1.78. The van der Waals surface area contributed by atoms with Crippen molar-refractivity contribution in [2.75, 3.05) is 0 Å². The Morgan fingerprint density at radius 3 is 1.90 bits per heavy atom. The van der Waals surface area contributed by atoms with Crippen LogP contribution in [0.1, 0.15) is 44.6 Å². The molecule has 3 aromatic carbocycles. The molecular weight excluding hydrogens is 531 g/mol. The zero-order valence-electron chi connectivity index (χ0n) is 22.6. The SMILES string of the molecule is CC(C)P(Cc1cccc(/C=N/c2cc(C(F)(F)F)ccc2P(c2ccccc2)c2ccccc2)n1)C(C)C. The molecule has 0 saturated carbocycles. The Bertz CT molecular complexity index is 1340. The van der Waals surface area contributed by atoms with Crippen LogP contribution >= 0.6 is 15.8 Å². The lowest BCUT2D eigenvalue weighted by Crippen LogP contribution is -2.21. The predicted molar refractivity (Wildman–Crippen MR) is 163 cm³/mol. The van der Waals surface area contributed by atoms with Gasteiger partial charge >= 0.3 is 6.18 Å². The highest BCUT2D eigenvalue weighted by atomic mass is 31.1. The molecule has 0 fully saturated rings. The van der Waals surface area contributed by atoms with E-state index >= 15 is 0 Å². The molecule has 0 aliphatic rings. The number of rotatable bonds is 9. The summed E-state index contributed by atoms with van der Waals surface area (Å²) >= 11 is 0. The minimum Gasteiger partial charge on any atom is -0.254 e. The van der Waals surface area contributed by atoms with Crippen molar-refractivity contribution in [3.63, 3.8) is 0 Å². The van der Waals surface area contributed by atoms with Crippen molar-refractivity contribution in [3.05, 3.63) is 114 Å². The molecule has 0 bridgehead atoms. The molecule has 0 atom stereocenters. The molecule has 39 heavy (non-hydrogen) atoms. The molecule has 0 N–H and O–H groups in total. The van der Waals surface area contributed by atoms with Crippen LogP contribution < -0.4 is 15.9 Å². The van der Waals surface area contributed by atoms with Gasteiger partial charge in [-0.1, -0.05) is 108 Å². The maximum absolute atomic E-state index is 13.8. The van der Waals surface area contributed by atoms with Gasteiger partial charge in [-0.05, 0) is 54.1 Å². The third-order valence-electron chi connectivity index (χ3n) is 6.41. The van der Waals surface area contributed by atoms with Crippen molar-refractivity contribution in [1.82, 2.24) is 4.98 Å². The molecule has 4 rings (SSSR count). The largest absolute Gasteiger partial charge is 0.416 e. The smallest absolute Gasteiger partial charge is 0.254 e. The van der Waals surface area contributed by atoms with E-state index in [0.717, 1.165) is 39.9 Å². The summed E-state index contributed by atoms with van der Waals surface area (Å²) in [6, 6.07) is 29.5. The monoisotopic (exact) mass is 564 g/mol. The molecule has 0 spiro atoms. The van der Waals surface area contributed by atoms with Crippen LogP contribution in [0.25, 0.3) is 0 Å². The van der Waals surface area contributed by atoms with E-state index < -0.39 is 19.7 Å². The van der Waals surface area contributed by atoms with E-state index in [9.17, 15) is 13.2 Å². The van der Waals surface area contributed by atoms with Gasteiger partial charge in [0.05, 0.1) is 23.2 Å². The first-order valence-corrected chi connectivity index (χ1v) is 16.0. The van der Waals surface area contributed by atoms with Crippen LogP contribution in [-0.2, 0) is 12.3 Å². The van der Waals surface area contributed by atoms with E-state index in [1.807, 2.05) is 78.9 Å². The maximum atomic E-state index is 13.8. The van der Waals surface area contributed by atoms with Crippen molar-refractivity contribution in [2.45, 2.75) is 51.4 Å². The highest BCUT2D eigenvalue weighted by Crippen LogP contribution is 2.48. The van der Waals surface area contributed by atoms with Gasteiger partial charge in [0.25, 0.3) is 0 Å². The van der Waals surface area contributed by atoms with E-state index in [1.165, 1.54) is 0 Å². The van der Waals surface area contributed by atoms with E-state index in [4.69, 9.17) is 4.98 Å². The summed E-state index contributed by atoms with van der Waals surface area (Å²) in [5.41, 5.74) is 2.40. The first kappa shape index (κ1) is 29.1.